The highest BCUT2D eigenvalue weighted by atomic mass is 32.2. The molecule has 4 rings (SSSR count). The van der Waals surface area contributed by atoms with E-state index in [1.165, 1.54) is 0 Å². The van der Waals surface area contributed by atoms with Gasteiger partial charge in [0.2, 0.25) is 15.9 Å². The molecule has 0 unspecified atom stereocenters. The van der Waals surface area contributed by atoms with Gasteiger partial charge < -0.3 is 9.88 Å². The van der Waals surface area contributed by atoms with Crippen LogP contribution in [0.2, 0.25) is 0 Å². The molecule has 0 saturated carbocycles. The number of carbonyl (C=O) groups excluding carboxylic acids is 1. The third-order valence-electron chi connectivity index (χ3n) is 6.15. The summed E-state index contributed by atoms with van der Waals surface area (Å²) in [7, 11) is -1.61. The van der Waals surface area contributed by atoms with Crippen LogP contribution in [0.4, 0.5) is 0 Å². The molecule has 0 aliphatic carbocycles. The molecular formula is C24H30N4O3S. The Labute approximate surface area is 189 Å². The van der Waals surface area contributed by atoms with E-state index in [9.17, 15) is 13.2 Å². The topological polar surface area (TPSA) is 84.3 Å². The zero-order valence-electron chi connectivity index (χ0n) is 18.6. The summed E-state index contributed by atoms with van der Waals surface area (Å²) in [6.07, 6.45) is 3.67. The van der Waals surface area contributed by atoms with E-state index < -0.39 is 10.0 Å². The number of sulfonamides is 1. The Morgan fingerprint density at radius 1 is 1.09 bits per heavy atom. The number of fused-ring (bicyclic) bond motifs is 1. The number of piperidine rings is 1. The van der Waals surface area contributed by atoms with Crippen LogP contribution in [0, 0.1) is 0 Å². The van der Waals surface area contributed by atoms with E-state index in [0.29, 0.717) is 31.4 Å². The Bertz CT molecular complexity index is 1200. The van der Waals surface area contributed by atoms with E-state index in [2.05, 4.69) is 10.3 Å². The molecule has 1 N–H and O–H groups in total. The largest absolute Gasteiger partial charge is 0.350 e. The average Bonchev–Trinajstić information content (AvgIpc) is 3.13. The van der Waals surface area contributed by atoms with E-state index in [4.69, 9.17) is 0 Å². The molecule has 3 aromatic rings. The van der Waals surface area contributed by atoms with Gasteiger partial charge in [0, 0.05) is 33.0 Å². The minimum absolute atomic E-state index is 0.0400. The first-order valence-corrected chi connectivity index (χ1v) is 12.6. The monoisotopic (exact) mass is 454 g/mol. The molecule has 0 bridgehead atoms. The van der Waals surface area contributed by atoms with Gasteiger partial charge in [0.05, 0.1) is 22.0 Å². The number of amides is 1. The maximum Gasteiger partial charge on any atom is 0.243 e. The fourth-order valence-corrected chi connectivity index (χ4v) is 5.77. The first-order valence-electron chi connectivity index (χ1n) is 11.2. The zero-order chi connectivity index (χ0) is 22.7. The second-order valence-electron chi connectivity index (χ2n) is 8.40. The van der Waals surface area contributed by atoms with Crippen molar-refractivity contribution in [2.24, 2.45) is 7.05 Å². The molecule has 170 valence electrons. The van der Waals surface area contributed by atoms with E-state index >= 15 is 0 Å². The van der Waals surface area contributed by atoms with Crippen molar-refractivity contribution in [3.63, 3.8) is 0 Å². The third kappa shape index (κ3) is 4.71. The highest BCUT2D eigenvalue weighted by Gasteiger charge is 2.26. The number of imidazole rings is 1. The van der Waals surface area contributed by atoms with Gasteiger partial charge in [-0.1, -0.05) is 36.8 Å². The Balaban J connectivity index is 1.45. The quantitative estimate of drug-likeness (QED) is 0.592. The third-order valence-corrected chi connectivity index (χ3v) is 8.05. The number of carbonyl (C=O) groups is 1. The van der Waals surface area contributed by atoms with Crippen LogP contribution in [0.1, 0.15) is 50.0 Å². The number of hydrogen-bond donors (Lipinski definition) is 1. The Morgan fingerprint density at radius 3 is 2.53 bits per heavy atom. The number of benzene rings is 2. The van der Waals surface area contributed by atoms with E-state index in [0.717, 1.165) is 36.2 Å². The standard InChI is InChI=1S/C24H30N4O3S/c1-18(19-9-5-3-6-10-19)25-24(29)14-13-23-26-21-17-20(11-12-22(21)27(23)2)32(30,31)28-15-7-4-8-16-28/h3,5-6,9-12,17-18H,4,7-8,13-16H2,1-2H3,(H,25,29)/t18-/m0/s1. The van der Waals surface area contributed by atoms with Gasteiger partial charge in [-0.3, -0.25) is 4.79 Å². The van der Waals surface area contributed by atoms with Crippen LogP contribution >= 0.6 is 0 Å². The molecule has 1 aliphatic heterocycles. The van der Waals surface area contributed by atoms with Crippen molar-refractivity contribution >= 4 is 27.0 Å². The molecule has 0 spiro atoms. The zero-order valence-corrected chi connectivity index (χ0v) is 19.4. The molecule has 32 heavy (non-hydrogen) atoms. The van der Waals surface area contributed by atoms with Crippen molar-refractivity contribution < 1.29 is 13.2 Å². The number of rotatable bonds is 7. The molecule has 8 heteroatoms. The van der Waals surface area contributed by atoms with Crippen molar-refractivity contribution in [3.05, 3.63) is 59.9 Å². The summed E-state index contributed by atoms with van der Waals surface area (Å²) in [6.45, 7) is 3.11. The molecule has 1 amide bonds. The minimum Gasteiger partial charge on any atom is -0.350 e. The molecule has 1 atom stereocenters. The fraction of sp³-hybridized carbons (Fsp3) is 0.417. The smallest absolute Gasteiger partial charge is 0.243 e. The Kier molecular flexibility index (Phi) is 6.62. The van der Waals surface area contributed by atoms with Gasteiger partial charge in [-0.2, -0.15) is 4.31 Å². The second-order valence-corrected chi connectivity index (χ2v) is 10.3. The minimum atomic E-state index is -3.50. The summed E-state index contributed by atoms with van der Waals surface area (Å²) in [4.78, 5) is 17.4. The van der Waals surface area contributed by atoms with E-state index in [1.54, 1.807) is 22.5 Å². The van der Waals surface area contributed by atoms with Crippen molar-refractivity contribution in [1.82, 2.24) is 19.2 Å². The molecule has 1 aromatic heterocycles. The lowest BCUT2D eigenvalue weighted by atomic mass is 10.1. The fourth-order valence-electron chi connectivity index (χ4n) is 4.23. The number of aryl methyl sites for hydroxylation is 2. The Hall–Kier alpha value is -2.71. The highest BCUT2D eigenvalue weighted by molar-refractivity contribution is 7.89. The predicted molar refractivity (Wildman–Crippen MR) is 125 cm³/mol. The van der Waals surface area contributed by atoms with Crippen molar-refractivity contribution in [3.8, 4) is 0 Å². The second kappa shape index (κ2) is 9.42. The maximum absolute atomic E-state index is 13.0. The summed E-state index contributed by atoms with van der Waals surface area (Å²) < 4.78 is 29.5. The van der Waals surface area contributed by atoms with Gasteiger partial charge in [-0.25, -0.2) is 13.4 Å². The van der Waals surface area contributed by atoms with Crippen LogP contribution in [-0.2, 0) is 28.3 Å². The first-order chi connectivity index (χ1) is 15.4. The summed E-state index contributed by atoms with van der Waals surface area (Å²) in [5.74, 6) is 0.719. The van der Waals surface area contributed by atoms with Crippen LogP contribution in [0.25, 0.3) is 11.0 Å². The van der Waals surface area contributed by atoms with Crippen molar-refractivity contribution in [1.29, 1.82) is 0 Å². The van der Waals surface area contributed by atoms with Gasteiger partial charge in [0.1, 0.15) is 5.82 Å². The summed E-state index contributed by atoms with van der Waals surface area (Å²) in [6, 6.07) is 14.9. The van der Waals surface area contributed by atoms with Gasteiger partial charge in [0.25, 0.3) is 0 Å². The molecule has 1 saturated heterocycles. The van der Waals surface area contributed by atoms with Crippen LogP contribution in [-0.4, -0.2) is 41.3 Å². The average molecular weight is 455 g/mol. The summed E-state index contributed by atoms with van der Waals surface area (Å²) in [5, 5.41) is 3.02. The lowest BCUT2D eigenvalue weighted by molar-refractivity contribution is -0.121. The maximum atomic E-state index is 13.0. The van der Waals surface area contributed by atoms with Crippen molar-refractivity contribution in [2.75, 3.05) is 13.1 Å². The van der Waals surface area contributed by atoms with Gasteiger partial charge >= 0.3 is 0 Å². The van der Waals surface area contributed by atoms with Gasteiger partial charge in [0.15, 0.2) is 0 Å². The molecule has 0 radical (unpaired) electrons. The number of nitrogens with one attached hydrogen (secondary N) is 1. The van der Waals surface area contributed by atoms with Gasteiger partial charge in [-0.05, 0) is 43.5 Å². The lowest BCUT2D eigenvalue weighted by Crippen LogP contribution is -2.35. The van der Waals surface area contributed by atoms with Crippen LogP contribution in [0.5, 0.6) is 0 Å². The molecule has 1 aliphatic rings. The lowest BCUT2D eigenvalue weighted by Gasteiger charge is -2.25. The van der Waals surface area contributed by atoms with E-state index in [1.807, 2.05) is 48.9 Å². The van der Waals surface area contributed by atoms with Crippen molar-refractivity contribution in [2.45, 2.75) is 50.0 Å². The molecule has 2 heterocycles. The Morgan fingerprint density at radius 2 is 1.81 bits per heavy atom. The highest BCUT2D eigenvalue weighted by Crippen LogP contribution is 2.25. The molecular weight excluding hydrogens is 424 g/mol. The van der Waals surface area contributed by atoms with Crippen LogP contribution < -0.4 is 5.32 Å². The van der Waals surface area contributed by atoms with Crippen LogP contribution in [0.3, 0.4) is 0 Å². The number of nitrogens with zero attached hydrogens (tertiary/aromatic N) is 3. The predicted octanol–water partition coefficient (Wildman–Crippen LogP) is 3.56. The SMILES string of the molecule is C[C@H](NC(=O)CCc1nc2cc(S(=O)(=O)N3CCCCC3)ccc2n1C)c1ccccc1. The molecule has 7 nitrogen and oxygen atoms in total. The molecule has 1 fully saturated rings. The molecule has 2 aromatic carbocycles. The summed E-state index contributed by atoms with van der Waals surface area (Å²) >= 11 is 0. The number of aromatic nitrogens is 2. The van der Waals surface area contributed by atoms with Gasteiger partial charge in [-0.15, -0.1) is 0 Å². The van der Waals surface area contributed by atoms with E-state index in [-0.39, 0.29) is 16.8 Å². The number of hydrogen-bond acceptors (Lipinski definition) is 4. The summed E-state index contributed by atoms with van der Waals surface area (Å²) in [5.41, 5.74) is 2.56. The first kappa shape index (κ1) is 22.5. The normalized spacial score (nSPS) is 16.2. The van der Waals surface area contributed by atoms with Crippen LogP contribution in [0.15, 0.2) is 53.4 Å².